The van der Waals surface area contributed by atoms with Gasteiger partial charge in [-0.25, -0.2) is 0 Å². The SMILES string of the molecule is CCCC1=C([Si](c2ccccc2)(c2cc(C)cc(C)c2)c2cc(C)cc(C)c2)CC=C1. The summed E-state index contributed by atoms with van der Waals surface area (Å²) in [5.74, 6) is 0. The highest BCUT2D eigenvalue weighted by Gasteiger charge is 2.44. The molecule has 0 heterocycles. The minimum absolute atomic E-state index is 1.07. The van der Waals surface area contributed by atoms with Crippen LogP contribution in [0.25, 0.3) is 0 Å². The van der Waals surface area contributed by atoms with E-state index in [-0.39, 0.29) is 0 Å². The molecular formula is C30H34Si. The average molecular weight is 423 g/mol. The molecule has 0 saturated heterocycles. The molecule has 4 rings (SSSR count). The van der Waals surface area contributed by atoms with Crippen LogP contribution in [0.2, 0.25) is 0 Å². The van der Waals surface area contributed by atoms with Crippen molar-refractivity contribution in [2.75, 3.05) is 0 Å². The molecule has 3 aromatic rings. The first kappa shape index (κ1) is 21.6. The van der Waals surface area contributed by atoms with E-state index in [1.54, 1.807) is 10.8 Å². The third-order valence-corrected chi connectivity index (χ3v) is 11.5. The van der Waals surface area contributed by atoms with Crippen molar-refractivity contribution in [3.8, 4) is 0 Å². The first-order chi connectivity index (χ1) is 14.9. The third kappa shape index (κ3) is 3.99. The fourth-order valence-electron chi connectivity index (χ4n) is 5.54. The van der Waals surface area contributed by atoms with Crippen LogP contribution in [0.3, 0.4) is 0 Å². The van der Waals surface area contributed by atoms with Gasteiger partial charge in [0.1, 0.15) is 0 Å². The number of benzene rings is 3. The second-order valence-electron chi connectivity index (χ2n) is 9.23. The molecule has 0 radical (unpaired) electrons. The maximum absolute atomic E-state index is 2.47. The molecule has 158 valence electrons. The molecule has 0 bridgehead atoms. The Balaban J connectivity index is 2.18. The van der Waals surface area contributed by atoms with Crippen molar-refractivity contribution in [2.45, 2.75) is 53.9 Å². The first-order valence-electron chi connectivity index (χ1n) is 11.6. The zero-order chi connectivity index (χ0) is 22.0. The predicted octanol–water partition coefficient (Wildman–Crippen LogP) is 5.99. The van der Waals surface area contributed by atoms with Crippen molar-refractivity contribution < 1.29 is 0 Å². The average Bonchev–Trinajstić information content (AvgIpc) is 3.17. The maximum atomic E-state index is 2.47. The van der Waals surface area contributed by atoms with Gasteiger partial charge in [-0.1, -0.05) is 125 Å². The van der Waals surface area contributed by atoms with Gasteiger partial charge in [0.2, 0.25) is 0 Å². The molecule has 3 aromatic carbocycles. The fraction of sp³-hybridized carbons (Fsp3) is 0.267. The molecule has 0 atom stereocenters. The van der Waals surface area contributed by atoms with Crippen LogP contribution in [0.5, 0.6) is 0 Å². The second-order valence-corrected chi connectivity index (χ2v) is 13.1. The van der Waals surface area contributed by atoms with E-state index in [0.717, 1.165) is 12.8 Å². The lowest BCUT2D eigenvalue weighted by Gasteiger charge is -2.37. The van der Waals surface area contributed by atoms with Crippen molar-refractivity contribution in [2.24, 2.45) is 0 Å². The van der Waals surface area contributed by atoms with Gasteiger partial charge in [0, 0.05) is 0 Å². The van der Waals surface area contributed by atoms with Gasteiger partial charge in [-0.05, 0) is 56.1 Å². The number of rotatable bonds is 6. The van der Waals surface area contributed by atoms with E-state index in [9.17, 15) is 0 Å². The topological polar surface area (TPSA) is 0 Å². The zero-order valence-corrected chi connectivity index (χ0v) is 20.6. The van der Waals surface area contributed by atoms with E-state index in [4.69, 9.17) is 0 Å². The Hall–Kier alpha value is -2.64. The van der Waals surface area contributed by atoms with E-state index in [1.165, 1.54) is 44.2 Å². The van der Waals surface area contributed by atoms with Crippen molar-refractivity contribution in [1.29, 1.82) is 0 Å². The third-order valence-electron chi connectivity index (χ3n) is 6.52. The number of hydrogen-bond acceptors (Lipinski definition) is 0. The normalized spacial score (nSPS) is 13.8. The van der Waals surface area contributed by atoms with Crippen LogP contribution in [-0.4, -0.2) is 8.07 Å². The Bertz CT molecular complexity index is 1060. The Labute approximate surface area is 189 Å². The van der Waals surface area contributed by atoms with Gasteiger partial charge in [-0.3, -0.25) is 0 Å². The summed E-state index contributed by atoms with van der Waals surface area (Å²) in [6.07, 6.45) is 8.22. The lowest BCUT2D eigenvalue weighted by molar-refractivity contribution is 0.924. The van der Waals surface area contributed by atoms with Gasteiger partial charge in [-0.2, -0.15) is 0 Å². The lowest BCUT2D eigenvalue weighted by atomic mass is 10.1. The predicted molar refractivity (Wildman–Crippen MR) is 139 cm³/mol. The van der Waals surface area contributed by atoms with E-state index in [2.05, 4.69) is 114 Å². The Morgan fingerprint density at radius 1 is 0.677 bits per heavy atom. The highest BCUT2D eigenvalue weighted by molar-refractivity contribution is 7.16. The monoisotopic (exact) mass is 422 g/mol. The molecule has 0 N–H and O–H groups in total. The Morgan fingerprint density at radius 3 is 1.68 bits per heavy atom. The summed E-state index contributed by atoms with van der Waals surface area (Å²) < 4.78 is 0. The van der Waals surface area contributed by atoms with Crippen molar-refractivity contribution in [1.82, 2.24) is 0 Å². The molecule has 1 aliphatic rings. The minimum Gasteiger partial charge on any atom is -0.0805 e. The van der Waals surface area contributed by atoms with Crippen LogP contribution < -0.4 is 15.6 Å². The molecule has 0 unspecified atom stereocenters. The van der Waals surface area contributed by atoms with Crippen LogP contribution in [-0.2, 0) is 0 Å². The van der Waals surface area contributed by atoms with Crippen LogP contribution in [0.1, 0.15) is 48.4 Å². The molecule has 0 amide bonds. The van der Waals surface area contributed by atoms with Crippen LogP contribution in [0.4, 0.5) is 0 Å². The highest BCUT2D eigenvalue weighted by atomic mass is 28.3. The van der Waals surface area contributed by atoms with Gasteiger partial charge < -0.3 is 0 Å². The first-order valence-corrected chi connectivity index (χ1v) is 13.6. The van der Waals surface area contributed by atoms with E-state index < -0.39 is 8.07 Å². The van der Waals surface area contributed by atoms with Crippen LogP contribution >= 0.6 is 0 Å². The zero-order valence-electron chi connectivity index (χ0n) is 19.6. The molecule has 0 aliphatic heterocycles. The van der Waals surface area contributed by atoms with Crippen LogP contribution in [0, 0.1) is 27.7 Å². The molecule has 0 nitrogen and oxygen atoms in total. The van der Waals surface area contributed by atoms with Crippen molar-refractivity contribution in [3.63, 3.8) is 0 Å². The molecule has 31 heavy (non-hydrogen) atoms. The largest absolute Gasteiger partial charge is 0.176 e. The van der Waals surface area contributed by atoms with Gasteiger partial charge in [0.05, 0.1) is 0 Å². The van der Waals surface area contributed by atoms with Crippen LogP contribution in [0.15, 0.2) is 89.7 Å². The van der Waals surface area contributed by atoms with E-state index in [1.807, 2.05) is 0 Å². The number of allylic oxidation sites excluding steroid dienone is 4. The number of aryl methyl sites for hydroxylation is 4. The smallest absolute Gasteiger partial charge is 0.0805 e. The Morgan fingerprint density at radius 2 is 1.19 bits per heavy atom. The fourth-order valence-corrected chi connectivity index (χ4v) is 11.2. The Kier molecular flexibility index (Phi) is 6.16. The summed E-state index contributed by atoms with van der Waals surface area (Å²) in [7, 11) is -2.40. The molecule has 0 aromatic heterocycles. The molecular weight excluding hydrogens is 388 g/mol. The standard InChI is InChI=1S/C30H34Si/c1-6-11-26-12-10-15-30(26)31(27-13-8-7-9-14-27,28-18-22(2)16-23(3)19-28)29-20-24(4)17-25(5)21-29/h7-10,12-14,16-21H,6,11,15H2,1-5H3. The molecule has 0 spiro atoms. The summed E-state index contributed by atoms with van der Waals surface area (Å²) in [5.41, 5.74) is 6.99. The van der Waals surface area contributed by atoms with E-state index in [0.29, 0.717) is 0 Å². The van der Waals surface area contributed by atoms with E-state index >= 15 is 0 Å². The molecule has 1 aliphatic carbocycles. The highest BCUT2D eigenvalue weighted by Crippen LogP contribution is 2.32. The molecule has 0 fully saturated rings. The van der Waals surface area contributed by atoms with Crippen molar-refractivity contribution in [3.05, 3.63) is 112 Å². The molecule has 0 saturated carbocycles. The summed E-state index contributed by atoms with van der Waals surface area (Å²) in [6, 6.07) is 25.9. The minimum atomic E-state index is -2.40. The van der Waals surface area contributed by atoms with Crippen molar-refractivity contribution >= 4 is 23.6 Å². The van der Waals surface area contributed by atoms with Gasteiger partial charge in [0.25, 0.3) is 0 Å². The summed E-state index contributed by atoms with van der Waals surface area (Å²) in [4.78, 5) is 0. The summed E-state index contributed by atoms with van der Waals surface area (Å²) in [5, 5.41) is 6.22. The van der Waals surface area contributed by atoms with Gasteiger partial charge >= 0.3 is 0 Å². The number of hydrogen-bond donors (Lipinski definition) is 0. The maximum Gasteiger partial charge on any atom is 0.176 e. The molecule has 1 heteroatoms. The van der Waals surface area contributed by atoms with Gasteiger partial charge in [-0.15, -0.1) is 0 Å². The summed E-state index contributed by atoms with van der Waals surface area (Å²) >= 11 is 0. The quantitative estimate of drug-likeness (QED) is 0.338. The van der Waals surface area contributed by atoms with Gasteiger partial charge in [0.15, 0.2) is 8.07 Å². The summed E-state index contributed by atoms with van der Waals surface area (Å²) in [6.45, 7) is 11.3. The lowest BCUT2D eigenvalue weighted by Crippen LogP contribution is -2.69. The second kappa shape index (κ2) is 8.84.